The monoisotopic (exact) mass is 1230 g/mol. The molecule has 6 aromatic heterocycles. The smallest absolute Gasteiger partial charge is 0.335 e. The number of hydroxylamine groups is 2. The molecular weight excluding hydrogens is 1180 g/mol. The van der Waals surface area contributed by atoms with E-state index in [1.165, 1.54) is 73.8 Å². The van der Waals surface area contributed by atoms with Crippen molar-refractivity contribution in [3.05, 3.63) is 166 Å². The zero-order valence-corrected chi connectivity index (χ0v) is 49.1. The van der Waals surface area contributed by atoms with Crippen LogP contribution in [0.1, 0.15) is 46.4 Å². The fraction of sp³-hybridized carbons (Fsp3) is 0.214. The van der Waals surface area contributed by atoms with Gasteiger partial charge in [0.25, 0.3) is 5.91 Å². The van der Waals surface area contributed by atoms with Crippen molar-refractivity contribution in [2.45, 2.75) is 47.6 Å². The summed E-state index contributed by atoms with van der Waals surface area (Å²) in [6, 6.07) is 29.4. The molecule has 0 aliphatic carbocycles. The first-order chi connectivity index (χ1) is 40.0. The van der Waals surface area contributed by atoms with E-state index in [-0.39, 0.29) is 46.4 Å². The van der Waals surface area contributed by atoms with E-state index in [2.05, 4.69) is 20.6 Å². The van der Waals surface area contributed by atoms with Crippen LogP contribution in [-0.4, -0.2) is 139 Å². The van der Waals surface area contributed by atoms with Gasteiger partial charge in [-0.2, -0.15) is 8.61 Å². The third kappa shape index (κ3) is 12.2. The number of sulfonamides is 2. The Bertz CT molecular complexity index is 4260. The number of carboxylic acids is 1. The van der Waals surface area contributed by atoms with Gasteiger partial charge in [-0.05, 0) is 111 Å². The summed E-state index contributed by atoms with van der Waals surface area (Å²) in [6.45, 7) is 1.41. The molecule has 2 aliphatic heterocycles. The first-order valence-corrected chi connectivity index (χ1v) is 31.3. The summed E-state index contributed by atoms with van der Waals surface area (Å²) in [6.07, 6.45) is 10.0. The van der Waals surface area contributed by atoms with E-state index < -0.39 is 26.0 Å². The average Bonchev–Trinajstić information content (AvgIpc) is 3.44. The van der Waals surface area contributed by atoms with Crippen molar-refractivity contribution in [2.75, 3.05) is 51.0 Å². The number of hydrogen-bond donors (Lipinski definition) is 3. The van der Waals surface area contributed by atoms with Gasteiger partial charge in [-0.1, -0.05) is 47.5 Å². The van der Waals surface area contributed by atoms with Gasteiger partial charge in [-0.25, -0.2) is 56.6 Å². The number of aromatic nitrogens is 8. The molecule has 0 saturated carbocycles. The van der Waals surface area contributed by atoms with E-state index in [4.69, 9.17) is 48.0 Å². The van der Waals surface area contributed by atoms with Crippen LogP contribution < -0.4 is 10.6 Å². The van der Waals surface area contributed by atoms with Crippen molar-refractivity contribution in [2.24, 2.45) is 0 Å². The Balaban J connectivity index is 0.000000174. The first kappa shape index (κ1) is 57.1. The molecule has 2 fully saturated rings. The topological polar surface area (TPSA) is 252 Å². The lowest BCUT2D eigenvalue weighted by atomic mass is 10.0. The maximum absolute atomic E-state index is 13.3. The van der Waals surface area contributed by atoms with Gasteiger partial charge in [0.05, 0.1) is 45.2 Å². The SMILES string of the molecule is CON(C)C(=O)c1cccc(-c2nc3sccn3c2-c2ccnc(N[C@@H]3CCCN(S(=O)(=O)c4ccc(Cl)cc4)C3)n2)c1.O=C(O)c1cccc(-c2nc3sccn3c2-c2ccnc(N[C@@H]3CCCN(S(=O)(=O)c4ccc(Cl)cc4)C3)n2)c1. The summed E-state index contributed by atoms with van der Waals surface area (Å²) in [5.41, 5.74) is 6.01. The Kier molecular flexibility index (Phi) is 16.7. The maximum atomic E-state index is 13.3. The minimum absolute atomic E-state index is 0.167. The van der Waals surface area contributed by atoms with E-state index in [1.54, 1.807) is 74.0 Å². The summed E-state index contributed by atoms with van der Waals surface area (Å²) in [7, 11) is -4.35. The fourth-order valence-electron chi connectivity index (χ4n) is 9.88. The molecule has 0 radical (unpaired) electrons. The Labute approximate surface area is 494 Å². The maximum Gasteiger partial charge on any atom is 0.335 e. The number of piperidine rings is 2. The lowest BCUT2D eigenvalue weighted by Gasteiger charge is -2.32. The number of aromatic carboxylic acids is 1. The number of benzene rings is 4. The molecule has 4 aromatic carbocycles. The van der Waals surface area contributed by atoms with Gasteiger partial charge in [0.2, 0.25) is 31.9 Å². The van der Waals surface area contributed by atoms with E-state index in [0.717, 1.165) is 34.0 Å². The number of carbonyl (C=O) groups is 2. The van der Waals surface area contributed by atoms with Gasteiger partial charge in [-0.3, -0.25) is 18.4 Å². The molecule has 10 aromatic rings. The zero-order chi connectivity index (χ0) is 58.0. The third-order valence-electron chi connectivity index (χ3n) is 14.0. The number of halogens is 2. The highest BCUT2D eigenvalue weighted by molar-refractivity contribution is 7.89. The Morgan fingerprint density at radius 3 is 1.53 bits per heavy atom. The van der Waals surface area contributed by atoms with Crippen molar-refractivity contribution in [1.82, 2.24) is 52.4 Å². The minimum atomic E-state index is -3.67. The van der Waals surface area contributed by atoms with E-state index >= 15 is 0 Å². The number of rotatable bonds is 15. The standard InChI is InChI=1S/C29H28ClN7O4S2.C27H23ClN6O4S2/c1-35(41-2)27(38)20-6-3-5-19(17-20)25-26(37-15-16-42-29(37)34-25)24-12-13-31-28(33-24)32-22-7-4-14-36(18-22)43(39,40)23-10-8-21(30)9-11-23;28-19-6-8-21(9-7-19)40(37,38)33-12-2-5-20(16-33)30-26-29-11-10-22(31-26)24-23(32-27-34(24)13-14-39-27)17-3-1-4-18(15-17)25(35)36/h3,5-6,8-13,15-17,22H,4,7,14,18H2,1-2H3,(H,31,32,33);1,3-4,6-11,13-15,20H,2,5,12,16H2,(H,35,36)(H,29,30,31)/t22-;20-/m11/s1. The number of carbonyl (C=O) groups excluding carboxylic acids is 1. The van der Waals surface area contributed by atoms with Gasteiger partial charge in [0, 0.05) is 108 Å². The van der Waals surface area contributed by atoms with E-state index in [1.807, 2.05) is 56.2 Å². The van der Waals surface area contributed by atoms with E-state index in [0.29, 0.717) is 87.5 Å². The molecule has 2 atom stereocenters. The van der Waals surface area contributed by atoms with Crippen molar-refractivity contribution in [1.29, 1.82) is 0 Å². The van der Waals surface area contributed by atoms with Gasteiger partial charge >= 0.3 is 5.97 Å². The largest absolute Gasteiger partial charge is 0.478 e. The molecule has 0 unspecified atom stereocenters. The van der Waals surface area contributed by atoms with Gasteiger partial charge in [-0.15, -0.1) is 22.7 Å². The third-order valence-corrected chi connectivity index (χ3v) is 19.8. The molecule has 2 saturated heterocycles. The van der Waals surface area contributed by atoms with Gasteiger partial charge in [0.15, 0.2) is 9.92 Å². The van der Waals surface area contributed by atoms with Crippen LogP contribution >= 0.6 is 45.9 Å². The van der Waals surface area contributed by atoms with Gasteiger partial charge < -0.3 is 15.7 Å². The number of fused-ring (bicyclic) bond motifs is 2. The number of thiazole rings is 2. The second kappa shape index (κ2) is 24.2. The highest BCUT2D eigenvalue weighted by Crippen LogP contribution is 2.37. The molecule has 0 spiro atoms. The van der Waals surface area contributed by atoms with Crippen molar-refractivity contribution < 1.29 is 36.4 Å². The normalized spacial score (nSPS) is 16.1. The molecule has 27 heteroatoms. The van der Waals surface area contributed by atoms with Crippen LogP contribution in [0.2, 0.25) is 10.0 Å². The number of nitrogens with one attached hydrogen (secondary N) is 2. The van der Waals surface area contributed by atoms with Gasteiger partial charge in [0.1, 0.15) is 11.4 Å². The summed E-state index contributed by atoms with van der Waals surface area (Å²) >= 11 is 14.9. The lowest BCUT2D eigenvalue weighted by molar-refractivity contribution is -0.0756. The van der Waals surface area contributed by atoms with Crippen LogP contribution in [0.3, 0.4) is 0 Å². The molecule has 426 valence electrons. The second-order valence-electron chi connectivity index (χ2n) is 19.3. The zero-order valence-electron chi connectivity index (χ0n) is 44.3. The minimum Gasteiger partial charge on any atom is -0.478 e. The molecule has 83 heavy (non-hydrogen) atoms. The molecule has 12 rings (SSSR count). The number of carboxylic acid groups (broad SMARTS) is 1. The summed E-state index contributed by atoms with van der Waals surface area (Å²) < 4.78 is 59.8. The number of hydrogen-bond acceptors (Lipinski definition) is 17. The molecule has 2 aliphatic rings. The van der Waals surface area contributed by atoms with Crippen LogP contribution in [-0.2, 0) is 24.9 Å². The quantitative estimate of drug-likeness (QED) is 0.0807. The molecular formula is C56H51Cl2N13O8S4. The van der Waals surface area contributed by atoms with Crippen LogP contribution in [0.15, 0.2) is 155 Å². The average molecular weight is 1230 g/mol. The van der Waals surface area contributed by atoms with Crippen molar-refractivity contribution in [3.63, 3.8) is 0 Å². The number of imidazole rings is 2. The summed E-state index contributed by atoms with van der Waals surface area (Å²) in [4.78, 5) is 59.4. The highest BCUT2D eigenvalue weighted by Gasteiger charge is 2.33. The van der Waals surface area contributed by atoms with Crippen LogP contribution in [0.25, 0.3) is 55.2 Å². The van der Waals surface area contributed by atoms with E-state index in [9.17, 15) is 31.5 Å². The molecule has 21 nitrogen and oxygen atoms in total. The molecule has 1 amide bonds. The molecule has 0 bridgehead atoms. The molecule has 3 N–H and O–H groups in total. The molecule has 8 heterocycles. The highest BCUT2D eigenvalue weighted by atomic mass is 35.5. The second-order valence-corrected chi connectivity index (χ2v) is 25.8. The number of anilines is 2. The lowest BCUT2D eigenvalue weighted by Crippen LogP contribution is -2.45. The fourth-order valence-corrected chi connectivity index (χ4v) is 14.6. The predicted octanol–water partition coefficient (Wildman–Crippen LogP) is 10.2. The van der Waals surface area contributed by atoms with Crippen LogP contribution in [0.5, 0.6) is 0 Å². The number of amides is 1. The first-order valence-electron chi connectivity index (χ1n) is 25.9. The van der Waals surface area contributed by atoms with Crippen molar-refractivity contribution in [3.8, 4) is 45.3 Å². The summed E-state index contributed by atoms with van der Waals surface area (Å²) in [5.74, 6) is -0.545. The summed E-state index contributed by atoms with van der Waals surface area (Å²) in [5, 5.41) is 22.1. The van der Waals surface area contributed by atoms with Crippen LogP contribution in [0.4, 0.5) is 11.9 Å². The Morgan fingerprint density at radius 1 is 0.639 bits per heavy atom. The number of nitrogens with zero attached hydrogens (tertiary/aromatic N) is 11. The Hall–Kier alpha value is -7.72. The Morgan fingerprint density at radius 2 is 1.08 bits per heavy atom. The van der Waals surface area contributed by atoms with Crippen LogP contribution in [0, 0.1) is 0 Å². The predicted molar refractivity (Wildman–Crippen MR) is 319 cm³/mol. The van der Waals surface area contributed by atoms with Crippen molar-refractivity contribution >= 4 is 99.6 Å².